The SMILES string of the molecule is O=C(Nc1cccnc1)c1cnn2c1N[C@@H](c1ccco1)C[C@@H]2C(F)(F)F. The maximum Gasteiger partial charge on any atom is 0.410 e. The molecule has 2 N–H and O–H groups in total. The van der Waals surface area contributed by atoms with Crippen LogP contribution in [0, 0.1) is 0 Å². The van der Waals surface area contributed by atoms with Gasteiger partial charge in [0.05, 0.1) is 30.4 Å². The number of fused-ring (bicyclic) bond motifs is 1. The zero-order chi connectivity index (χ0) is 19.0. The van der Waals surface area contributed by atoms with Gasteiger partial charge in [0, 0.05) is 12.6 Å². The molecule has 3 aromatic heterocycles. The average Bonchev–Trinajstić information content (AvgIpc) is 3.30. The maximum absolute atomic E-state index is 13.6. The highest BCUT2D eigenvalue weighted by Crippen LogP contribution is 2.44. The fraction of sp³-hybridized carbons (Fsp3) is 0.235. The standard InChI is InChI=1S/C17H14F3N5O2/c18-17(19,20)14-7-12(13-4-2-6-27-13)24-15-11(9-22-25(14)15)16(26)23-10-3-1-5-21-8-10/h1-6,8-9,12,14,24H,7H2,(H,23,26)/t12-,14-/m1/s1. The predicted octanol–water partition coefficient (Wildman–Crippen LogP) is 3.78. The second-order valence-corrected chi connectivity index (χ2v) is 6.05. The summed E-state index contributed by atoms with van der Waals surface area (Å²) in [6.07, 6.45) is 0.672. The first-order valence-corrected chi connectivity index (χ1v) is 8.09. The van der Waals surface area contributed by atoms with Crippen LogP contribution in [0.4, 0.5) is 24.7 Å². The second-order valence-electron chi connectivity index (χ2n) is 6.05. The lowest BCUT2D eigenvalue weighted by atomic mass is 10.0. The van der Waals surface area contributed by atoms with Crippen molar-refractivity contribution >= 4 is 17.4 Å². The number of nitrogens with one attached hydrogen (secondary N) is 2. The van der Waals surface area contributed by atoms with E-state index < -0.39 is 24.2 Å². The van der Waals surface area contributed by atoms with Crippen molar-refractivity contribution in [1.29, 1.82) is 0 Å². The van der Waals surface area contributed by atoms with E-state index in [0.29, 0.717) is 11.4 Å². The summed E-state index contributed by atoms with van der Waals surface area (Å²) in [6.45, 7) is 0. The number of furan rings is 1. The van der Waals surface area contributed by atoms with Crippen LogP contribution in [0.15, 0.2) is 53.5 Å². The van der Waals surface area contributed by atoms with Gasteiger partial charge in [0.2, 0.25) is 0 Å². The van der Waals surface area contributed by atoms with E-state index in [1.54, 1.807) is 30.5 Å². The molecule has 0 aromatic carbocycles. The number of rotatable bonds is 3. The maximum atomic E-state index is 13.6. The third kappa shape index (κ3) is 3.25. The Kier molecular flexibility index (Phi) is 4.09. The van der Waals surface area contributed by atoms with E-state index in [4.69, 9.17) is 4.42 Å². The van der Waals surface area contributed by atoms with Crippen LogP contribution >= 0.6 is 0 Å². The van der Waals surface area contributed by atoms with Crippen molar-refractivity contribution in [2.45, 2.75) is 24.7 Å². The van der Waals surface area contributed by atoms with Crippen molar-refractivity contribution in [3.63, 3.8) is 0 Å². The fourth-order valence-electron chi connectivity index (χ4n) is 3.04. The molecule has 0 saturated heterocycles. The molecule has 1 aliphatic rings. The largest absolute Gasteiger partial charge is 0.467 e. The summed E-state index contributed by atoms with van der Waals surface area (Å²) in [4.78, 5) is 16.4. The summed E-state index contributed by atoms with van der Waals surface area (Å²) >= 11 is 0. The molecule has 0 unspecified atom stereocenters. The van der Waals surface area contributed by atoms with E-state index in [-0.39, 0.29) is 17.8 Å². The molecular weight excluding hydrogens is 363 g/mol. The Balaban J connectivity index is 1.69. The number of nitrogens with zero attached hydrogens (tertiary/aromatic N) is 3. The molecule has 3 aromatic rings. The predicted molar refractivity (Wildman–Crippen MR) is 89.2 cm³/mol. The van der Waals surface area contributed by atoms with E-state index in [2.05, 4.69) is 20.7 Å². The van der Waals surface area contributed by atoms with E-state index in [9.17, 15) is 18.0 Å². The average molecular weight is 377 g/mol. The fourth-order valence-corrected chi connectivity index (χ4v) is 3.04. The van der Waals surface area contributed by atoms with E-state index in [0.717, 1.165) is 10.9 Å². The van der Waals surface area contributed by atoms with Crippen molar-refractivity contribution < 1.29 is 22.4 Å². The zero-order valence-corrected chi connectivity index (χ0v) is 13.8. The molecule has 10 heteroatoms. The number of aromatic nitrogens is 3. The molecule has 0 bridgehead atoms. The highest BCUT2D eigenvalue weighted by molar-refractivity contribution is 6.07. The quantitative estimate of drug-likeness (QED) is 0.726. The number of amides is 1. The Hall–Kier alpha value is -3.30. The first kappa shape index (κ1) is 17.1. The number of anilines is 2. The van der Waals surface area contributed by atoms with Crippen LogP contribution < -0.4 is 10.6 Å². The summed E-state index contributed by atoms with van der Waals surface area (Å²) < 4.78 is 46.7. The van der Waals surface area contributed by atoms with Crippen LogP contribution in [0.2, 0.25) is 0 Å². The third-order valence-electron chi connectivity index (χ3n) is 4.29. The lowest BCUT2D eigenvalue weighted by Crippen LogP contribution is -2.36. The van der Waals surface area contributed by atoms with Crippen LogP contribution in [0.5, 0.6) is 0 Å². The molecule has 7 nitrogen and oxygen atoms in total. The van der Waals surface area contributed by atoms with Gasteiger partial charge in [0.1, 0.15) is 17.1 Å². The Bertz CT molecular complexity index is 937. The monoisotopic (exact) mass is 377 g/mol. The zero-order valence-electron chi connectivity index (χ0n) is 13.8. The molecule has 140 valence electrons. The van der Waals surface area contributed by atoms with Gasteiger partial charge in [-0.15, -0.1) is 0 Å². The minimum Gasteiger partial charge on any atom is -0.467 e. The van der Waals surface area contributed by atoms with Gasteiger partial charge in [-0.2, -0.15) is 18.3 Å². The summed E-state index contributed by atoms with van der Waals surface area (Å²) in [5.74, 6) is -0.237. The van der Waals surface area contributed by atoms with E-state index >= 15 is 0 Å². The molecule has 0 saturated carbocycles. The Morgan fingerprint density at radius 1 is 1.30 bits per heavy atom. The first-order chi connectivity index (χ1) is 12.9. The number of halogens is 3. The highest BCUT2D eigenvalue weighted by atomic mass is 19.4. The third-order valence-corrected chi connectivity index (χ3v) is 4.29. The number of carbonyl (C=O) groups is 1. The normalized spacial score (nSPS) is 19.2. The molecule has 0 spiro atoms. The second kappa shape index (κ2) is 6.45. The number of hydrogen-bond donors (Lipinski definition) is 2. The Morgan fingerprint density at radius 3 is 2.81 bits per heavy atom. The minimum atomic E-state index is -4.52. The van der Waals surface area contributed by atoms with Gasteiger partial charge >= 0.3 is 6.18 Å². The molecule has 0 radical (unpaired) electrons. The van der Waals surface area contributed by atoms with E-state index in [1.165, 1.54) is 12.5 Å². The van der Waals surface area contributed by atoms with Crippen LogP contribution in [0.25, 0.3) is 0 Å². The minimum absolute atomic E-state index is 0.00404. The molecule has 2 atom stereocenters. The van der Waals surface area contributed by atoms with Gasteiger partial charge in [-0.1, -0.05) is 0 Å². The summed E-state index contributed by atoms with van der Waals surface area (Å²) in [5, 5.41) is 9.36. The molecule has 4 rings (SSSR count). The summed E-state index contributed by atoms with van der Waals surface area (Å²) in [5.41, 5.74) is 0.428. The van der Waals surface area contributed by atoms with Crippen molar-refractivity contribution in [3.8, 4) is 0 Å². The van der Waals surface area contributed by atoms with Gasteiger partial charge in [-0.3, -0.25) is 9.78 Å². The van der Waals surface area contributed by atoms with Gasteiger partial charge in [-0.25, -0.2) is 4.68 Å². The van der Waals surface area contributed by atoms with Crippen LogP contribution in [-0.4, -0.2) is 26.8 Å². The number of pyridine rings is 1. The topological polar surface area (TPSA) is 85.0 Å². The molecule has 4 heterocycles. The molecule has 0 aliphatic carbocycles. The Labute approximate surface area is 151 Å². The lowest BCUT2D eigenvalue weighted by molar-refractivity contribution is -0.174. The van der Waals surface area contributed by atoms with Gasteiger partial charge in [-0.05, 0) is 24.3 Å². The molecule has 1 amide bonds. The smallest absolute Gasteiger partial charge is 0.410 e. The number of carbonyl (C=O) groups excluding carboxylic acids is 1. The molecular formula is C17H14F3N5O2. The molecule has 27 heavy (non-hydrogen) atoms. The highest BCUT2D eigenvalue weighted by Gasteiger charge is 2.47. The number of alkyl halides is 3. The van der Waals surface area contributed by atoms with Crippen molar-refractivity contribution in [1.82, 2.24) is 14.8 Å². The van der Waals surface area contributed by atoms with Crippen LogP contribution in [-0.2, 0) is 0 Å². The van der Waals surface area contributed by atoms with Gasteiger partial charge in [0.25, 0.3) is 5.91 Å². The molecule has 1 aliphatic heterocycles. The van der Waals surface area contributed by atoms with Gasteiger partial charge in [0.15, 0.2) is 6.04 Å². The van der Waals surface area contributed by atoms with Crippen molar-refractivity contribution in [3.05, 3.63) is 60.4 Å². The van der Waals surface area contributed by atoms with Gasteiger partial charge < -0.3 is 15.1 Å². The lowest BCUT2D eigenvalue weighted by Gasteiger charge is -2.32. The van der Waals surface area contributed by atoms with E-state index in [1.807, 2.05) is 0 Å². The first-order valence-electron chi connectivity index (χ1n) is 8.09. The van der Waals surface area contributed by atoms with Crippen molar-refractivity contribution in [2.75, 3.05) is 10.6 Å². The molecule has 0 fully saturated rings. The summed E-state index contributed by atoms with van der Waals surface area (Å²) in [6, 6.07) is 3.84. The van der Waals surface area contributed by atoms with Crippen LogP contribution in [0.3, 0.4) is 0 Å². The Morgan fingerprint density at radius 2 is 2.15 bits per heavy atom. The summed E-state index contributed by atoms with van der Waals surface area (Å²) in [7, 11) is 0. The number of hydrogen-bond acceptors (Lipinski definition) is 5. The van der Waals surface area contributed by atoms with Crippen molar-refractivity contribution in [2.24, 2.45) is 0 Å². The van der Waals surface area contributed by atoms with Crippen LogP contribution in [0.1, 0.15) is 34.6 Å².